The average molecular weight is 323 g/mol. The number of nitrogens with zero attached hydrogens (tertiary/aromatic N) is 5. The average Bonchev–Trinajstić information content (AvgIpc) is 2.99. The predicted molar refractivity (Wildman–Crippen MR) is 93.8 cm³/mol. The summed E-state index contributed by atoms with van der Waals surface area (Å²) >= 11 is 0. The molecule has 0 atom stereocenters. The van der Waals surface area contributed by atoms with Crippen LogP contribution in [0.15, 0.2) is 30.3 Å². The number of aryl methyl sites for hydroxylation is 2. The number of hydrogen-bond acceptors (Lipinski definition) is 5. The molecule has 6 nitrogen and oxygen atoms in total. The lowest BCUT2D eigenvalue weighted by molar-refractivity contribution is 0.122. The zero-order chi connectivity index (χ0) is 16.5. The molecule has 0 bridgehead atoms. The zero-order valence-corrected chi connectivity index (χ0v) is 14.1. The van der Waals surface area contributed by atoms with Crippen LogP contribution in [-0.2, 0) is 11.2 Å². The van der Waals surface area contributed by atoms with Crippen molar-refractivity contribution >= 4 is 16.9 Å². The van der Waals surface area contributed by atoms with Gasteiger partial charge in [0, 0.05) is 19.5 Å². The summed E-state index contributed by atoms with van der Waals surface area (Å²) < 4.78 is 7.41. The molecule has 1 aromatic carbocycles. The van der Waals surface area contributed by atoms with Crippen molar-refractivity contribution in [1.82, 2.24) is 19.7 Å². The number of ether oxygens (including phenoxy) is 1. The van der Waals surface area contributed by atoms with Crippen LogP contribution >= 0.6 is 0 Å². The minimum atomic E-state index is 0.735. The van der Waals surface area contributed by atoms with E-state index in [2.05, 4.69) is 11.8 Å². The first-order valence-electron chi connectivity index (χ1n) is 8.42. The lowest BCUT2D eigenvalue weighted by Gasteiger charge is -2.28. The lowest BCUT2D eigenvalue weighted by atomic mass is 10.2. The molecule has 3 heterocycles. The highest BCUT2D eigenvalue weighted by Crippen LogP contribution is 2.29. The summed E-state index contributed by atoms with van der Waals surface area (Å²) in [4.78, 5) is 11.9. The third-order valence-corrected chi connectivity index (χ3v) is 4.36. The molecule has 0 saturated carbocycles. The Kier molecular flexibility index (Phi) is 3.90. The van der Waals surface area contributed by atoms with Crippen LogP contribution in [0.4, 0.5) is 5.82 Å². The van der Waals surface area contributed by atoms with Crippen LogP contribution in [0.5, 0.6) is 0 Å². The van der Waals surface area contributed by atoms with Crippen molar-refractivity contribution in [1.29, 1.82) is 0 Å². The molecule has 3 aromatic rings. The Balaban J connectivity index is 1.95. The molecule has 0 amide bonds. The third-order valence-electron chi connectivity index (χ3n) is 4.36. The summed E-state index contributed by atoms with van der Waals surface area (Å²) in [7, 11) is 0. The van der Waals surface area contributed by atoms with E-state index in [0.29, 0.717) is 0 Å². The van der Waals surface area contributed by atoms with Crippen molar-refractivity contribution in [2.24, 2.45) is 0 Å². The highest BCUT2D eigenvalue weighted by atomic mass is 16.5. The van der Waals surface area contributed by atoms with Crippen molar-refractivity contribution in [3.05, 3.63) is 41.9 Å². The van der Waals surface area contributed by atoms with Gasteiger partial charge in [-0.25, -0.2) is 14.6 Å². The van der Waals surface area contributed by atoms with Gasteiger partial charge in [-0.3, -0.25) is 0 Å². The molecule has 4 rings (SSSR count). The van der Waals surface area contributed by atoms with Gasteiger partial charge in [0.1, 0.15) is 11.6 Å². The first-order chi connectivity index (χ1) is 11.8. The molecule has 0 spiro atoms. The Morgan fingerprint density at radius 3 is 2.54 bits per heavy atom. The van der Waals surface area contributed by atoms with E-state index in [1.807, 2.05) is 41.9 Å². The molecule has 1 saturated heterocycles. The van der Waals surface area contributed by atoms with Crippen molar-refractivity contribution < 1.29 is 4.74 Å². The van der Waals surface area contributed by atoms with E-state index >= 15 is 0 Å². The molecule has 24 heavy (non-hydrogen) atoms. The Morgan fingerprint density at radius 2 is 1.83 bits per heavy atom. The molecule has 1 aliphatic heterocycles. The standard InChI is InChI=1S/C18H21N5O/c1-3-15-19-17(22-9-11-24-12-10-22)16-13(2)21-23(18(16)20-15)14-7-5-4-6-8-14/h4-8H,3,9-12H2,1-2H3. The largest absolute Gasteiger partial charge is 0.378 e. The molecule has 124 valence electrons. The molecule has 0 unspecified atom stereocenters. The number of hydrogen-bond donors (Lipinski definition) is 0. The van der Waals surface area contributed by atoms with Gasteiger partial charge in [0.2, 0.25) is 0 Å². The first-order valence-corrected chi connectivity index (χ1v) is 8.42. The van der Waals surface area contributed by atoms with E-state index in [0.717, 1.165) is 66.8 Å². The van der Waals surface area contributed by atoms with E-state index in [-0.39, 0.29) is 0 Å². The maximum Gasteiger partial charge on any atom is 0.168 e. The molecular weight excluding hydrogens is 302 g/mol. The van der Waals surface area contributed by atoms with E-state index in [1.165, 1.54) is 0 Å². The van der Waals surface area contributed by atoms with Gasteiger partial charge in [0.25, 0.3) is 0 Å². The van der Waals surface area contributed by atoms with Crippen LogP contribution in [0.25, 0.3) is 16.7 Å². The van der Waals surface area contributed by atoms with Gasteiger partial charge < -0.3 is 9.64 Å². The van der Waals surface area contributed by atoms with Crippen molar-refractivity contribution in [3.63, 3.8) is 0 Å². The molecule has 0 radical (unpaired) electrons. The van der Waals surface area contributed by atoms with Gasteiger partial charge >= 0.3 is 0 Å². The fraction of sp³-hybridized carbons (Fsp3) is 0.389. The molecule has 1 fully saturated rings. The summed E-state index contributed by atoms with van der Waals surface area (Å²) in [6.07, 6.45) is 0.798. The number of rotatable bonds is 3. The van der Waals surface area contributed by atoms with Gasteiger partial charge in [-0.2, -0.15) is 5.10 Å². The quantitative estimate of drug-likeness (QED) is 0.741. The summed E-state index contributed by atoms with van der Waals surface area (Å²) in [6.45, 7) is 7.29. The zero-order valence-electron chi connectivity index (χ0n) is 14.1. The monoisotopic (exact) mass is 323 g/mol. The minimum absolute atomic E-state index is 0.735. The van der Waals surface area contributed by atoms with Crippen LogP contribution in [0.1, 0.15) is 18.4 Å². The number of aromatic nitrogens is 4. The van der Waals surface area contributed by atoms with Crippen LogP contribution in [0.2, 0.25) is 0 Å². The number of benzene rings is 1. The summed E-state index contributed by atoms with van der Waals surface area (Å²) in [5, 5.41) is 5.79. The van der Waals surface area contributed by atoms with Crippen molar-refractivity contribution in [2.45, 2.75) is 20.3 Å². The van der Waals surface area contributed by atoms with Gasteiger partial charge in [-0.1, -0.05) is 25.1 Å². The van der Waals surface area contributed by atoms with Crippen LogP contribution < -0.4 is 4.90 Å². The van der Waals surface area contributed by atoms with Crippen LogP contribution in [0, 0.1) is 6.92 Å². The molecule has 0 aliphatic carbocycles. The Hall–Kier alpha value is -2.47. The van der Waals surface area contributed by atoms with Gasteiger partial charge in [-0.15, -0.1) is 0 Å². The normalized spacial score (nSPS) is 15.2. The minimum Gasteiger partial charge on any atom is -0.378 e. The SMILES string of the molecule is CCc1nc(N2CCOCC2)c2c(C)nn(-c3ccccc3)c2n1. The van der Waals surface area contributed by atoms with Crippen LogP contribution in [-0.4, -0.2) is 46.1 Å². The molecule has 2 aromatic heterocycles. The van der Waals surface area contributed by atoms with Gasteiger partial charge in [0.05, 0.1) is 30.0 Å². The van der Waals surface area contributed by atoms with E-state index in [9.17, 15) is 0 Å². The molecule has 1 aliphatic rings. The molecule has 6 heteroatoms. The number of morpholine rings is 1. The Morgan fingerprint density at radius 1 is 1.08 bits per heavy atom. The second kappa shape index (κ2) is 6.20. The van der Waals surface area contributed by atoms with E-state index in [4.69, 9.17) is 19.8 Å². The highest BCUT2D eigenvalue weighted by Gasteiger charge is 2.22. The molecular formula is C18H21N5O. The van der Waals surface area contributed by atoms with Gasteiger partial charge in [0.15, 0.2) is 5.65 Å². The summed E-state index contributed by atoms with van der Waals surface area (Å²) in [6, 6.07) is 10.1. The highest BCUT2D eigenvalue weighted by molar-refractivity contribution is 5.91. The fourth-order valence-electron chi connectivity index (χ4n) is 3.12. The second-order valence-electron chi connectivity index (χ2n) is 5.95. The molecule has 0 N–H and O–H groups in total. The number of anilines is 1. The fourth-order valence-corrected chi connectivity index (χ4v) is 3.12. The second-order valence-corrected chi connectivity index (χ2v) is 5.95. The first kappa shape index (κ1) is 15.1. The van der Waals surface area contributed by atoms with Crippen molar-refractivity contribution in [3.8, 4) is 5.69 Å². The maximum atomic E-state index is 5.49. The van der Waals surface area contributed by atoms with Gasteiger partial charge in [-0.05, 0) is 19.1 Å². The predicted octanol–water partition coefficient (Wildman–Crippen LogP) is 2.52. The summed E-state index contributed by atoms with van der Waals surface area (Å²) in [5.74, 6) is 1.83. The maximum absolute atomic E-state index is 5.49. The number of fused-ring (bicyclic) bond motifs is 1. The Bertz CT molecular complexity index is 853. The van der Waals surface area contributed by atoms with E-state index in [1.54, 1.807) is 0 Å². The Labute approximate surface area is 141 Å². The van der Waals surface area contributed by atoms with E-state index < -0.39 is 0 Å². The number of para-hydroxylation sites is 1. The van der Waals surface area contributed by atoms with Crippen molar-refractivity contribution in [2.75, 3.05) is 31.2 Å². The summed E-state index contributed by atoms with van der Waals surface area (Å²) in [5.41, 5.74) is 2.86. The topological polar surface area (TPSA) is 56.1 Å². The third kappa shape index (κ3) is 2.53. The smallest absolute Gasteiger partial charge is 0.168 e. The lowest BCUT2D eigenvalue weighted by Crippen LogP contribution is -2.37. The van der Waals surface area contributed by atoms with Crippen LogP contribution in [0.3, 0.4) is 0 Å².